The maximum absolute atomic E-state index is 13.4. The van der Waals surface area contributed by atoms with E-state index in [0.717, 1.165) is 24.4 Å². The standard InChI is InChI=1S/C22H18ClF3N2O2/c1-30-19-9-8-14(13-16(19)22(24,25)26)21(29)28-12-11-27-10-4-7-18(27)20(28)15-5-2-3-6-17(15)23/h2-10,13,20H,11-12H2,1H3/t20-/m1/s1. The molecule has 0 bridgehead atoms. The molecule has 0 N–H and O–H groups in total. The second-order valence-corrected chi connectivity index (χ2v) is 7.37. The summed E-state index contributed by atoms with van der Waals surface area (Å²) in [5.41, 5.74) is 0.537. The van der Waals surface area contributed by atoms with Crippen molar-refractivity contribution in [1.82, 2.24) is 9.47 Å². The average Bonchev–Trinajstić information content (AvgIpc) is 3.21. The molecule has 1 aliphatic heterocycles. The maximum atomic E-state index is 13.4. The van der Waals surface area contributed by atoms with Crippen LogP contribution in [0, 0.1) is 0 Å². The molecular formula is C22H18ClF3N2O2. The number of halogens is 4. The number of alkyl halides is 3. The SMILES string of the molecule is COc1ccc(C(=O)N2CCn3cccc3[C@H]2c2ccccc2Cl)cc1C(F)(F)F. The van der Waals surface area contributed by atoms with Crippen LogP contribution in [0.4, 0.5) is 13.2 Å². The summed E-state index contributed by atoms with van der Waals surface area (Å²) in [6.45, 7) is 0.876. The number of fused-ring (bicyclic) bond motifs is 1. The number of aromatic nitrogens is 1. The molecular weight excluding hydrogens is 417 g/mol. The molecule has 4 nitrogen and oxygen atoms in total. The molecule has 2 heterocycles. The van der Waals surface area contributed by atoms with Crippen LogP contribution in [0.5, 0.6) is 5.75 Å². The molecule has 1 atom stereocenters. The van der Waals surface area contributed by atoms with Crippen LogP contribution < -0.4 is 4.74 Å². The number of nitrogens with zero attached hydrogens (tertiary/aromatic N) is 2. The minimum Gasteiger partial charge on any atom is -0.496 e. The number of benzene rings is 2. The Morgan fingerprint density at radius 2 is 1.87 bits per heavy atom. The molecule has 0 saturated heterocycles. The lowest BCUT2D eigenvalue weighted by molar-refractivity contribution is -0.138. The highest BCUT2D eigenvalue weighted by molar-refractivity contribution is 6.31. The lowest BCUT2D eigenvalue weighted by Gasteiger charge is -2.38. The van der Waals surface area contributed by atoms with Gasteiger partial charge >= 0.3 is 6.18 Å². The normalized spacial score (nSPS) is 16.3. The van der Waals surface area contributed by atoms with Crippen molar-refractivity contribution >= 4 is 17.5 Å². The van der Waals surface area contributed by atoms with Gasteiger partial charge in [0.25, 0.3) is 5.91 Å². The van der Waals surface area contributed by atoms with Gasteiger partial charge in [-0.3, -0.25) is 4.79 Å². The maximum Gasteiger partial charge on any atom is 0.419 e. The summed E-state index contributed by atoms with van der Waals surface area (Å²) in [5, 5.41) is 0.487. The van der Waals surface area contributed by atoms with Crippen molar-refractivity contribution in [2.75, 3.05) is 13.7 Å². The van der Waals surface area contributed by atoms with Crippen LogP contribution in [0.3, 0.4) is 0 Å². The van der Waals surface area contributed by atoms with E-state index in [9.17, 15) is 18.0 Å². The van der Waals surface area contributed by atoms with Gasteiger partial charge in [0, 0.05) is 35.6 Å². The van der Waals surface area contributed by atoms with Gasteiger partial charge in [-0.25, -0.2) is 0 Å². The van der Waals surface area contributed by atoms with Crippen molar-refractivity contribution in [3.8, 4) is 5.75 Å². The number of carbonyl (C=O) groups excluding carboxylic acids is 1. The van der Waals surface area contributed by atoms with Crippen molar-refractivity contribution in [2.24, 2.45) is 0 Å². The van der Waals surface area contributed by atoms with E-state index in [1.54, 1.807) is 17.0 Å². The lowest BCUT2D eigenvalue weighted by Crippen LogP contribution is -2.42. The highest BCUT2D eigenvalue weighted by Crippen LogP contribution is 2.39. The number of carbonyl (C=O) groups is 1. The van der Waals surface area contributed by atoms with Crippen LogP contribution in [0.15, 0.2) is 60.8 Å². The van der Waals surface area contributed by atoms with Crippen molar-refractivity contribution in [2.45, 2.75) is 18.8 Å². The van der Waals surface area contributed by atoms with E-state index in [2.05, 4.69) is 0 Å². The fourth-order valence-corrected chi connectivity index (χ4v) is 4.09. The van der Waals surface area contributed by atoms with Crippen LogP contribution >= 0.6 is 11.6 Å². The summed E-state index contributed by atoms with van der Waals surface area (Å²) in [6, 6.07) is 13.8. The highest BCUT2D eigenvalue weighted by atomic mass is 35.5. The Bertz CT molecular complexity index is 1090. The van der Waals surface area contributed by atoms with E-state index in [0.29, 0.717) is 18.1 Å². The van der Waals surface area contributed by atoms with Crippen molar-refractivity contribution in [3.05, 3.63) is 88.2 Å². The second kappa shape index (κ2) is 7.72. The molecule has 4 rings (SSSR count). The largest absolute Gasteiger partial charge is 0.496 e. The number of hydrogen-bond donors (Lipinski definition) is 0. The number of rotatable bonds is 3. The van der Waals surface area contributed by atoms with Crippen LogP contribution in [0.1, 0.15) is 33.2 Å². The molecule has 8 heteroatoms. The molecule has 1 amide bonds. The number of amides is 1. The summed E-state index contributed by atoms with van der Waals surface area (Å²) in [5.74, 6) is -0.824. The fraction of sp³-hybridized carbons (Fsp3) is 0.227. The Balaban J connectivity index is 1.79. The molecule has 0 radical (unpaired) electrons. The molecule has 2 aromatic carbocycles. The Hall–Kier alpha value is -2.93. The molecule has 1 aliphatic rings. The lowest BCUT2D eigenvalue weighted by atomic mass is 9.98. The number of hydrogen-bond acceptors (Lipinski definition) is 2. The van der Waals surface area contributed by atoms with Crippen LogP contribution in [-0.4, -0.2) is 29.0 Å². The summed E-state index contributed by atoms with van der Waals surface area (Å²) in [4.78, 5) is 14.9. The number of methoxy groups -OCH3 is 1. The van der Waals surface area contributed by atoms with E-state index >= 15 is 0 Å². The van der Waals surface area contributed by atoms with E-state index in [1.165, 1.54) is 12.1 Å². The molecule has 156 valence electrons. The molecule has 0 fully saturated rings. The Morgan fingerprint density at radius 1 is 1.10 bits per heavy atom. The molecule has 1 aromatic heterocycles. The Kier molecular flexibility index (Phi) is 5.24. The van der Waals surface area contributed by atoms with Gasteiger partial charge in [-0.05, 0) is 42.0 Å². The van der Waals surface area contributed by atoms with Gasteiger partial charge in [-0.15, -0.1) is 0 Å². The summed E-state index contributed by atoms with van der Waals surface area (Å²) < 4.78 is 47.2. The zero-order valence-corrected chi connectivity index (χ0v) is 16.7. The first kappa shape index (κ1) is 20.3. The van der Waals surface area contributed by atoms with Gasteiger partial charge < -0.3 is 14.2 Å². The van der Waals surface area contributed by atoms with Crippen molar-refractivity contribution in [1.29, 1.82) is 0 Å². The summed E-state index contributed by atoms with van der Waals surface area (Å²) >= 11 is 6.42. The topological polar surface area (TPSA) is 34.5 Å². The Morgan fingerprint density at radius 3 is 2.57 bits per heavy atom. The van der Waals surface area contributed by atoms with Crippen molar-refractivity contribution in [3.63, 3.8) is 0 Å². The van der Waals surface area contributed by atoms with Gasteiger partial charge in [0.1, 0.15) is 5.75 Å². The molecule has 0 saturated carbocycles. The third kappa shape index (κ3) is 3.54. The van der Waals surface area contributed by atoms with E-state index < -0.39 is 23.7 Å². The van der Waals surface area contributed by atoms with Crippen LogP contribution in [0.2, 0.25) is 5.02 Å². The smallest absolute Gasteiger partial charge is 0.419 e. The number of ether oxygens (including phenoxy) is 1. The van der Waals surface area contributed by atoms with Gasteiger partial charge in [0.2, 0.25) is 0 Å². The van der Waals surface area contributed by atoms with Gasteiger partial charge in [-0.2, -0.15) is 13.2 Å². The van der Waals surface area contributed by atoms with Gasteiger partial charge in [0.05, 0.1) is 18.7 Å². The van der Waals surface area contributed by atoms with E-state index in [4.69, 9.17) is 16.3 Å². The highest BCUT2D eigenvalue weighted by Gasteiger charge is 2.37. The van der Waals surface area contributed by atoms with Crippen molar-refractivity contribution < 1.29 is 22.7 Å². The molecule has 3 aromatic rings. The summed E-state index contributed by atoms with van der Waals surface area (Å²) in [6.07, 6.45) is -2.73. The van der Waals surface area contributed by atoms with E-state index in [-0.39, 0.29) is 11.3 Å². The predicted octanol–water partition coefficient (Wildman–Crippen LogP) is 5.41. The molecule has 0 unspecified atom stereocenters. The molecule has 0 spiro atoms. The third-order valence-electron chi connectivity index (χ3n) is 5.25. The first-order chi connectivity index (χ1) is 14.3. The van der Waals surface area contributed by atoms with Gasteiger partial charge in [0.15, 0.2) is 0 Å². The summed E-state index contributed by atoms with van der Waals surface area (Å²) in [7, 11) is 1.16. The van der Waals surface area contributed by atoms with Gasteiger partial charge in [-0.1, -0.05) is 29.8 Å². The quantitative estimate of drug-likeness (QED) is 0.552. The Labute approximate surface area is 176 Å². The first-order valence-electron chi connectivity index (χ1n) is 9.27. The fourth-order valence-electron chi connectivity index (χ4n) is 3.85. The zero-order chi connectivity index (χ0) is 21.5. The zero-order valence-electron chi connectivity index (χ0n) is 16.0. The molecule has 0 aliphatic carbocycles. The monoisotopic (exact) mass is 434 g/mol. The average molecular weight is 435 g/mol. The van der Waals surface area contributed by atoms with Crippen LogP contribution in [0.25, 0.3) is 0 Å². The first-order valence-corrected chi connectivity index (χ1v) is 9.64. The second-order valence-electron chi connectivity index (χ2n) is 6.96. The minimum absolute atomic E-state index is 0.0554. The third-order valence-corrected chi connectivity index (χ3v) is 5.59. The van der Waals surface area contributed by atoms with Crippen LogP contribution in [-0.2, 0) is 12.7 Å². The minimum atomic E-state index is -4.64. The van der Waals surface area contributed by atoms with E-state index in [1.807, 2.05) is 35.0 Å². The predicted molar refractivity (Wildman–Crippen MR) is 107 cm³/mol. The molecule has 30 heavy (non-hydrogen) atoms.